The molecule has 10 nitrogen and oxygen atoms in total. The van der Waals surface area contributed by atoms with Crippen LogP contribution in [0.4, 0.5) is 11.4 Å². The Morgan fingerprint density at radius 2 is 1.28 bits per heavy atom. The fraction of sp³-hybridized carbons (Fsp3) is 0.286. The van der Waals surface area contributed by atoms with Crippen molar-refractivity contribution in [2.75, 3.05) is 28.7 Å². The van der Waals surface area contributed by atoms with Crippen LogP contribution in [0.2, 0.25) is 0 Å². The number of ether oxygens (including phenoxy) is 1. The van der Waals surface area contributed by atoms with Crippen LogP contribution in [0.15, 0.2) is 97.1 Å². The molecule has 0 spiro atoms. The number of rotatable bonds is 8. The summed E-state index contributed by atoms with van der Waals surface area (Å²) in [5.41, 5.74) is 6.44. The first-order valence-electron chi connectivity index (χ1n) is 17.3. The van der Waals surface area contributed by atoms with Crippen LogP contribution in [-0.4, -0.2) is 54.0 Å². The predicted molar refractivity (Wildman–Crippen MR) is 206 cm³/mol. The van der Waals surface area contributed by atoms with Crippen molar-refractivity contribution in [1.82, 2.24) is 0 Å². The molecule has 4 aromatic carbocycles. The highest BCUT2D eigenvalue weighted by Crippen LogP contribution is 2.36. The number of alkyl halides is 1. The monoisotopic (exact) mass is 782 g/mol. The first-order chi connectivity index (χ1) is 25.5. The number of anilines is 2. The molecule has 4 aromatic rings. The molecule has 2 amide bonds. The van der Waals surface area contributed by atoms with Gasteiger partial charge in [0.05, 0.1) is 6.61 Å². The van der Waals surface area contributed by atoms with E-state index in [-0.39, 0.29) is 47.3 Å². The van der Waals surface area contributed by atoms with Crippen molar-refractivity contribution in [3.8, 4) is 0 Å². The smallest absolute Gasteiger partial charge is 0.373 e. The molecule has 0 heterocycles. The van der Waals surface area contributed by atoms with Crippen LogP contribution in [0, 0.1) is 0 Å². The standard InChI is InChI=1S/C20H21NO2.C17H15NO2.C4H7BrO2.CO2/c1-3-11-21(20(23)15-7-5-4-6-8-15)16-9-10-17-14(2)12-19(22)18(17)13-16;1-11-9-16(19)15-10-13(7-8-14(11)15)18-17(20)12-5-3-2-4-6-12;1-2-7-4(6)3-5;2-1-3/h4-10,13-14H,3,11-12H2,1-2H3;2-8,10-11H,9H2,1H3,(H,18,20);2-3H2,1H3;. The Balaban J connectivity index is 0.000000230. The molecule has 2 aliphatic rings. The van der Waals surface area contributed by atoms with E-state index >= 15 is 0 Å². The highest BCUT2D eigenvalue weighted by atomic mass is 79.9. The van der Waals surface area contributed by atoms with Gasteiger partial charge in [-0.1, -0.05) is 85.2 Å². The predicted octanol–water partition coefficient (Wildman–Crippen LogP) is 8.42. The minimum atomic E-state index is -0.206. The molecule has 276 valence electrons. The fourth-order valence-corrected chi connectivity index (χ4v) is 6.15. The fourth-order valence-electron chi connectivity index (χ4n) is 5.99. The number of carbonyl (C=O) groups is 5. The summed E-state index contributed by atoms with van der Waals surface area (Å²) in [5, 5.41) is 3.12. The van der Waals surface area contributed by atoms with Gasteiger partial charge in [0.1, 0.15) is 5.33 Å². The molecule has 1 N–H and O–H groups in total. The molecule has 0 fully saturated rings. The van der Waals surface area contributed by atoms with Crippen LogP contribution in [0.1, 0.15) is 111 Å². The number of carbonyl (C=O) groups excluding carboxylic acids is 7. The maximum Gasteiger partial charge on any atom is 0.373 e. The number of nitrogens with one attached hydrogen (secondary N) is 1. The lowest BCUT2D eigenvalue weighted by Gasteiger charge is -2.23. The number of amides is 2. The first kappa shape index (κ1) is 41.9. The minimum absolute atomic E-state index is 0.0223. The Morgan fingerprint density at radius 1 is 0.774 bits per heavy atom. The van der Waals surface area contributed by atoms with E-state index < -0.39 is 0 Å². The van der Waals surface area contributed by atoms with E-state index in [1.807, 2.05) is 92.7 Å². The number of hydrogen-bond acceptors (Lipinski definition) is 8. The summed E-state index contributed by atoms with van der Waals surface area (Å²) in [4.78, 5) is 77.1. The lowest BCUT2D eigenvalue weighted by Crippen LogP contribution is -2.31. The van der Waals surface area contributed by atoms with Crippen LogP contribution in [0.25, 0.3) is 0 Å². The maximum atomic E-state index is 12.8. The third-order valence-corrected chi connectivity index (χ3v) is 8.93. The van der Waals surface area contributed by atoms with Gasteiger partial charge >= 0.3 is 12.1 Å². The van der Waals surface area contributed by atoms with E-state index in [0.29, 0.717) is 48.1 Å². The number of halogens is 1. The van der Waals surface area contributed by atoms with Crippen LogP contribution in [0.3, 0.4) is 0 Å². The molecule has 11 heteroatoms. The zero-order valence-electron chi connectivity index (χ0n) is 30.2. The van der Waals surface area contributed by atoms with Gasteiger partial charge < -0.3 is 15.0 Å². The average Bonchev–Trinajstić information content (AvgIpc) is 3.62. The summed E-state index contributed by atoms with van der Waals surface area (Å²) < 4.78 is 4.51. The maximum absolute atomic E-state index is 12.8. The van der Waals surface area contributed by atoms with Crippen LogP contribution in [0.5, 0.6) is 0 Å². The molecule has 2 atom stereocenters. The van der Waals surface area contributed by atoms with Gasteiger partial charge in [0.15, 0.2) is 11.6 Å². The van der Waals surface area contributed by atoms with Crippen LogP contribution >= 0.6 is 15.9 Å². The molecule has 2 aliphatic carbocycles. The van der Waals surface area contributed by atoms with Gasteiger partial charge in [0, 0.05) is 53.0 Å². The number of fused-ring (bicyclic) bond motifs is 2. The second-order valence-electron chi connectivity index (χ2n) is 12.3. The molecule has 2 unspecified atom stereocenters. The average molecular weight is 784 g/mol. The second kappa shape index (κ2) is 21.1. The van der Waals surface area contributed by atoms with Crippen molar-refractivity contribution < 1.29 is 38.3 Å². The number of esters is 1. The van der Waals surface area contributed by atoms with Gasteiger partial charge in [-0.3, -0.25) is 24.0 Å². The van der Waals surface area contributed by atoms with Gasteiger partial charge in [-0.05, 0) is 84.8 Å². The minimum Gasteiger partial charge on any atom is -0.465 e. The normalized spacial score (nSPS) is 14.7. The zero-order valence-corrected chi connectivity index (χ0v) is 31.8. The Morgan fingerprint density at radius 3 is 1.77 bits per heavy atom. The number of ketones is 2. The topological polar surface area (TPSA) is 144 Å². The molecular formula is C42H43BrN2O8. The molecule has 0 radical (unpaired) electrons. The van der Waals surface area contributed by atoms with Gasteiger partial charge in [-0.25, -0.2) is 0 Å². The largest absolute Gasteiger partial charge is 0.465 e. The van der Waals surface area contributed by atoms with Crippen molar-refractivity contribution in [3.05, 3.63) is 130 Å². The van der Waals surface area contributed by atoms with Crippen LogP contribution < -0.4 is 10.2 Å². The number of hydrogen-bond donors (Lipinski definition) is 1. The van der Waals surface area contributed by atoms with Crippen molar-refractivity contribution in [3.63, 3.8) is 0 Å². The number of nitrogens with zero attached hydrogens (tertiary/aromatic N) is 1. The summed E-state index contributed by atoms with van der Waals surface area (Å²) in [6, 6.07) is 29.7. The SMILES string of the molecule is CC1CC(=O)c2cc(NC(=O)c3ccccc3)ccc21.CCCN(C(=O)c1ccccc1)c1ccc2c(c1)C(=O)CC2C.CCOC(=O)CBr.O=C=O. The Kier molecular flexibility index (Phi) is 16.7. The van der Waals surface area contributed by atoms with Gasteiger partial charge in [0.2, 0.25) is 0 Å². The zero-order chi connectivity index (χ0) is 38.9. The molecule has 0 aromatic heterocycles. The summed E-state index contributed by atoms with van der Waals surface area (Å²) in [6.07, 6.45) is 2.24. The third-order valence-electron chi connectivity index (χ3n) is 8.47. The van der Waals surface area contributed by atoms with E-state index in [4.69, 9.17) is 9.59 Å². The molecule has 53 heavy (non-hydrogen) atoms. The Hall–Kier alpha value is -5.51. The quantitative estimate of drug-likeness (QED) is 0.139. The van der Waals surface area contributed by atoms with E-state index in [1.54, 1.807) is 30.0 Å². The summed E-state index contributed by atoms with van der Waals surface area (Å²) in [5.74, 6) is 0.492. The van der Waals surface area contributed by atoms with Gasteiger partial charge in [-0.15, -0.1) is 0 Å². The first-order valence-corrected chi connectivity index (χ1v) is 18.4. The van der Waals surface area contributed by atoms with E-state index in [0.717, 1.165) is 34.4 Å². The molecule has 0 saturated carbocycles. The summed E-state index contributed by atoms with van der Waals surface area (Å²) in [6.45, 7) is 9.04. The van der Waals surface area contributed by atoms with E-state index in [2.05, 4.69) is 32.9 Å². The Bertz CT molecular complexity index is 1920. The molecular weight excluding hydrogens is 740 g/mol. The molecule has 6 rings (SSSR count). The van der Waals surface area contributed by atoms with Crippen molar-refractivity contribution in [2.24, 2.45) is 0 Å². The molecule has 0 aliphatic heterocycles. The third kappa shape index (κ3) is 11.8. The second-order valence-corrected chi connectivity index (χ2v) is 12.9. The number of benzene rings is 4. The van der Waals surface area contributed by atoms with Crippen molar-refractivity contribution in [1.29, 1.82) is 0 Å². The number of Topliss-reactive ketones (excluding diaryl/α,β-unsaturated/α-hetero) is 2. The van der Waals surface area contributed by atoms with E-state index in [9.17, 15) is 24.0 Å². The summed E-state index contributed by atoms with van der Waals surface area (Å²) >= 11 is 2.94. The van der Waals surface area contributed by atoms with Gasteiger partial charge in [0.25, 0.3) is 11.8 Å². The van der Waals surface area contributed by atoms with Crippen molar-refractivity contribution >= 4 is 62.8 Å². The highest BCUT2D eigenvalue weighted by Gasteiger charge is 2.28. The summed E-state index contributed by atoms with van der Waals surface area (Å²) in [7, 11) is 0. The van der Waals surface area contributed by atoms with E-state index in [1.165, 1.54) is 0 Å². The molecule has 0 saturated heterocycles. The molecule has 0 bridgehead atoms. The highest BCUT2D eigenvalue weighted by molar-refractivity contribution is 9.09. The lowest BCUT2D eigenvalue weighted by atomic mass is 10.0. The Labute approximate surface area is 318 Å². The van der Waals surface area contributed by atoms with Crippen LogP contribution in [-0.2, 0) is 19.1 Å². The van der Waals surface area contributed by atoms with Crippen molar-refractivity contribution in [2.45, 2.75) is 58.8 Å². The van der Waals surface area contributed by atoms with Gasteiger partial charge in [-0.2, -0.15) is 9.59 Å². The lowest BCUT2D eigenvalue weighted by molar-refractivity contribution is -0.191.